The second kappa shape index (κ2) is 23.6. The zero-order valence-electron chi connectivity index (χ0n) is 51.0. The lowest BCUT2D eigenvalue weighted by molar-refractivity contribution is -0.249. The Bertz CT molecular complexity index is 3350. The van der Waals surface area contributed by atoms with Crippen molar-refractivity contribution in [3.8, 4) is 22.5 Å². The van der Waals surface area contributed by atoms with E-state index in [-0.39, 0.29) is 30.3 Å². The topological polar surface area (TPSA) is 202 Å². The summed E-state index contributed by atoms with van der Waals surface area (Å²) in [5, 5.41) is 54.5. The van der Waals surface area contributed by atoms with Crippen LogP contribution in [0.25, 0.3) is 33.4 Å². The molecule has 3 saturated heterocycles. The maximum absolute atomic E-state index is 14.7. The number of carbonyl (C=O) groups is 2. The van der Waals surface area contributed by atoms with E-state index in [0.717, 1.165) is 87.7 Å². The Labute approximate surface area is 488 Å². The molecule has 4 aliphatic heterocycles. The summed E-state index contributed by atoms with van der Waals surface area (Å²) in [6.45, 7) is 31.8. The van der Waals surface area contributed by atoms with E-state index < -0.39 is 22.2 Å². The van der Waals surface area contributed by atoms with Gasteiger partial charge in [0.15, 0.2) is 0 Å². The molecule has 0 unspecified atom stereocenters. The standard InChI is InChI=1S/C62H87N16O5/c1-13-70(14-2)46-21-23-52-54(31-46)83-55-32-47(71(15-3)16-4)22-24-53(55)57(52)50-19-17-18-20-51(50)58(80)73-29-27-72(28-30-73)56(79)25-26-74-40-43(63-66-74)37-69(38-44-41-75(67-64-44)48-33-59(5,6)77(81)60(7,8)34-48)39-45-42-76(68-65-45)49-35-61(9,10)78(82)62(11,12)36-49/h17-24,31-32,40-42,48-49,81-82H,13-16,25-30,33-39H2,1-12H3/q+1. The summed E-state index contributed by atoms with van der Waals surface area (Å²) in [6, 6.07) is 20.8. The molecule has 0 radical (unpaired) electrons. The van der Waals surface area contributed by atoms with Gasteiger partial charge in [0.2, 0.25) is 11.3 Å². The van der Waals surface area contributed by atoms with Crippen LogP contribution in [0.4, 0.5) is 5.69 Å². The molecule has 0 saturated carbocycles. The summed E-state index contributed by atoms with van der Waals surface area (Å²) in [6.07, 6.45) is 8.97. The Balaban J connectivity index is 0.812. The maximum atomic E-state index is 14.7. The lowest BCUT2D eigenvalue weighted by Gasteiger charge is -2.51. The highest BCUT2D eigenvalue weighted by Gasteiger charge is 2.47. The first-order valence-corrected chi connectivity index (χ1v) is 29.9. The molecule has 7 heterocycles. The second-order valence-corrected chi connectivity index (χ2v) is 25.6. The van der Waals surface area contributed by atoms with Gasteiger partial charge in [-0.05, 0) is 139 Å². The van der Waals surface area contributed by atoms with Crippen LogP contribution in [0.15, 0.2) is 83.7 Å². The van der Waals surface area contributed by atoms with Crippen molar-refractivity contribution in [2.24, 2.45) is 0 Å². The highest BCUT2D eigenvalue weighted by Crippen LogP contribution is 2.45. The van der Waals surface area contributed by atoms with Crippen molar-refractivity contribution in [1.29, 1.82) is 0 Å². The SMILES string of the molecule is CCN(CC)c1ccc2c(-c3ccccc3C(=O)N3CCN(C(=O)CCn4cc(CN(Cc5cn(C6CC(C)(C)N(O)C(C)(C)C6)nn5)Cc5cn(C6CC(C)(C)N(O)C(C)(C)C6)nn5)nn4)CC3)c3ccc(=[N+](CC)CC)cc-3oc2c1. The third-order valence-corrected chi connectivity index (χ3v) is 17.7. The number of nitrogens with zero attached hydrogens (tertiary/aromatic N) is 16. The number of anilines is 1. The lowest BCUT2D eigenvalue weighted by atomic mass is 9.79. The number of aromatic nitrogens is 9. The zero-order chi connectivity index (χ0) is 59.2. The summed E-state index contributed by atoms with van der Waals surface area (Å²) < 4.78 is 14.7. The Morgan fingerprint density at radius 2 is 1.17 bits per heavy atom. The molecular formula is C62H87N16O5+. The van der Waals surface area contributed by atoms with E-state index in [1.165, 1.54) is 10.1 Å². The van der Waals surface area contributed by atoms with Gasteiger partial charge in [0.1, 0.15) is 24.4 Å². The van der Waals surface area contributed by atoms with E-state index in [4.69, 9.17) is 4.42 Å². The number of hydroxylamine groups is 4. The molecule has 21 nitrogen and oxygen atoms in total. The highest BCUT2D eigenvalue weighted by atomic mass is 16.5. The Hall–Kier alpha value is -6.91. The van der Waals surface area contributed by atoms with Crippen LogP contribution >= 0.6 is 0 Å². The van der Waals surface area contributed by atoms with Gasteiger partial charge >= 0.3 is 0 Å². The molecule has 2 amide bonds. The van der Waals surface area contributed by atoms with Crippen LogP contribution in [0.1, 0.15) is 155 Å². The summed E-state index contributed by atoms with van der Waals surface area (Å²) in [5.41, 5.74) is 5.70. The average molecular weight is 1140 g/mol. The predicted octanol–water partition coefficient (Wildman–Crippen LogP) is 8.38. The van der Waals surface area contributed by atoms with Gasteiger partial charge in [0.05, 0.1) is 54.2 Å². The van der Waals surface area contributed by atoms with Gasteiger partial charge in [-0.2, -0.15) is 10.1 Å². The molecule has 3 aromatic heterocycles. The van der Waals surface area contributed by atoms with E-state index in [2.05, 4.69) is 109 Å². The first-order chi connectivity index (χ1) is 39.5. The van der Waals surface area contributed by atoms with Gasteiger partial charge in [-0.15, -0.1) is 15.3 Å². The van der Waals surface area contributed by atoms with Crippen molar-refractivity contribution < 1.29 is 24.4 Å². The molecule has 83 heavy (non-hydrogen) atoms. The number of hydrogen-bond donors (Lipinski definition) is 2. The predicted molar refractivity (Wildman–Crippen MR) is 318 cm³/mol. The van der Waals surface area contributed by atoms with Gasteiger partial charge in [-0.3, -0.25) is 19.2 Å². The molecule has 21 heteroatoms. The number of fused-ring (bicyclic) bond motifs is 2. The summed E-state index contributed by atoms with van der Waals surface area (Å²) in [5.74, 6) is 0.687. The summed E-state index contributed by atoms with van der Waals surface area (Å²) in [7, 11) is 0. The van der Waals surface area contributed by atoms with Crippen LogP contribution in [0.5, 0.6) is 0 Å². The monoisotopic (exact) mass is 1140 g/mol. The normalized spacial score (nSPS) is 18.6. The molecule has 5 aliphatic rings. The fourth-order valence-electron chi connectivity index (χ4n) is 13.6. The Morgan fingerprint density at radius 1 is 0.639 bits per heavy atom. The molecule has 3 fully saturated rings. The maximum Gasteiger partial charge on any atom is 0.254 e. The Morgan fingerprint density at radius 3 is 1.72 bits per heavy atom. The summed E-state index contributed by atoms with van der Waals surface area (Å²) >= 11 is 0. The van der Waals surface area contributed by atoms with Crippen molar-refractivity contribution in [3.05, 3.63) is 107 Å². The molecule has 0 bridgehead atoms. The first kappa shape index (κ1) is 59.3. The zero-order valence-corrected chi connectivity index (χ0v) is 51.0. The number of aryl methyl sites for hydroxylation is 1. The fraction of sp³-hybridized carbons (Fsp3) is 0.565. The van der Waals surface area contributed by atoms with Gasteiger partial charge in [0.25, 0.3) is 5.91 Å². The van der Waals surface area contributed by atoms with Crippen molar-refractivity contribution >= 4 is 28.5 Å². The fourth-order valence-corrected chi connectivity index (χ4v) is 13.6. The lowest BCUT2D eigenvalue weighted by Crippen LogP contribution is -2.59. The largest absolute Gasteiger partial charge is 0.456 e. The molecule has 0 spiro atoms. The number of piperidine rings is 2. The van der Waals surface area contributed by atoms with E-state index in [1.54, 1.807) is 4.68 Å². The van der Waals surface area contributed by atoms with Crippen molar-refractivity contribution in [3.63, 3.8) is 0 Å². The molecule has 1 aliphatic carbocycles. The molecule has 10 rings (SSSR count). The molecule has 2 aromatic carbocycles. The average Bonchev–Trinajstić information content (AvgIpc) is 2.13. The van der Waals surface area contributed by atoms with Crippen LogP contribution in [0.2, 0.25) is 0 Å². The van der Waals surface area contributed by atoms with E-state index in [9.17, 15) is 20.0 Å². The number of hydrogen-bond acceptors (Lipinski definition) is 15. The van der Waals surface area contributed by atoms with Crippen LogP contribution in [0, 0.1) is 0 Å². The van der Waals surface area contributed by atoms with Crippen LogP contribution in [0.3, 0.4) is 0 Å². The van der Waals surface area contributed by atoms with Crippen LogP contribution in [-0.2, 0) is 31.0 Å². The Kier molecular flexibility index (Phi) is 16.9. The minimum Gasteiger partial charge on any atom is -0.456 e. The van der Waals surface area contributed by atoms with Crippen molar-refractivity contribution in [1.82, 2.24) is 74.4 Å². The van der Waals surface area contributed by atoms with Crippen LogP contribution in [-0.4, -0.2) is 167 Å². The number of rotatable bonds is 18. The first-order valence-electron chi connectivity index (χ1n) is 29.9. The van der Waals surface area contributed by atoms with Gasteiger partial charge < -0.3 is 29.5 Å². The van der Waals surface area contributed by atoms with Gasteiger partial charge in [0, 0.05) is 134 Å². The summed E-state index contributed by atoms with van der Waals surface area (Å²) in [4.78, 5) is 36.9. The third kappa shape index (κ3) is 12.4. The number of piperazine rings is 1. The number of amides is 2. The van der Waals surface area contributed by atoms with E-state index in [0.29, 0.717) is 83.6 Å². The third-order valence-electron chi connectivity index (χ3n) is 17.7. The van der Waals surface area contributed by atoms with Crippen molar-refractivity contribution in [2.45, 2.75) is 176 Å². The van der Waals surface area contributed by atoms with E-state index >= 15 is 0 Å². The molecular weight excluding hydrogens is 1050 g/mol. The van der Waals surface area contributed by atoms with Gasteiger partial charge in [-0.25, -0.2) is 13.9 Å². The number of carbonyl (C=O) groups excluding carboxylic acids is 2. The molecule has 5 aromatic rings. The van der Waals surface area contributed by atoms with Gasteiger partial charge in [-0.1, -0.05) is 33.8 Å². The van der Waals surface area contributed by atoms with Crippen molar-refractivity contribution in [2.75, 3.05) is 57.3 Å². The highest BCUT2D eigenvalue weighted by molar-refractivity contribution is 6.09. The quantitative estimate of drug-likeness (QED) is 0.0612. The molecule has 444 valence electrons. The minimum absolute atomic E-state index is 0.00522. The molecule has 2 N–H and O–H groups in total. The smallest absolute Gasteiger partial charge is 0.254 e. The minimum atomic E-state index is -0.448. The number of benzene rings is 3. The molecule has 0 atom stereocenters. The van der Waals surface area contributed by atoms with E-state index in [1.807, 2.05) is 117 Å². The van der Waals surface area contributed by atoms with Crippen LogP contribution < -0.4 is 14.8 Å². The second-order valence-electron chi connectivity index (χ2n) is 25.6.